The number of amides is 1. The minimum atomic E-state index is -0.338. The minimum Gasteiger partial charge on any atom is -0.361 e. The number of nitrogens with one attached hydrogen (secondary N) is 2. The highest BCUT2D eigenvalue weighted by atomic mass is 32.2. The molecule has 6 nitrogen and oxygen atoms in total. The van der Waals surface area contributed by atoms with Gasteiger partial charge >= 0.3 is 0 Å². The van der Waals surface area contributed by atoms with Crippen molar-refractivity contribution in [3.63, 3.8) is 0 Å². The number of carbonyl (C=O) groups excluding carboxylic acids is 1. The Morgan fingerprint density at radius 2 is 2.12 bits per heavy atom. The van der Waals surface area contributed by atoms with Crippen molar-refractivity contribution in [2.75, 3.05) is 19.0 Å². The second-order valence-electron chi connectivity index (χ2n) is 7.71. The molecule has 0 fully saturated rings. The lowest BCUT2D eigenvalue weighted by molar-refractivity contribution is -0.122. The average Bonchev–Trinajstić information content (AvgIpc) is 3.26. The number of carbonyl (C=O) groups is 1. The molecule has 1 atom stereocenters. The van der Waals surface area contributed by atoms with Crippen molar-refractivity contribution in [2.24, 2.45) is 0 Å². The molecule has 3 heterocycles. The van der Waals surface area contributed by atoms with E-state index in [1.54, 1.807) is 25.0 Å². The molecule has 0 aliphatic rings. The summed E-state index contributed by atoms with van der Waals surface area (Å²) in [5, 5.41) is 6.84. The molecule has 168 valence electrons. The third kappa shape index (κ3) is 4.36. The molecule has 0 spiro atoms. The summed E-state index contributed by atoms with van der Waals surface area (Å²) in [6.07, 6.45) is 12.6. The van der Waals surface area contributed by atoms with E-state index in [9.17, 15) is 4.79 Å². The normalized spacial score (nSPS) is 11.9. The number of nitrogens with zero attached hydrogens (tertiary/aromatic N) is 3. The maximum atomic E-state index is 12.7. The Hall–Kier alpha value is -3.58. The van der Waals surface area contributed by atoms with E-state index in [0.29, 0.717) is 6.42 Å². The van der Waals surface area contributed by atoms with E-state index >= 15 is 0 Å². The summed E-state index contributed by atoms with van der Waals surface area (Å²) in [5.74, 6) is -0.0329. The highest BCUT2D eigenvalue weighted by molar-refractivity contribution is 7.99. The smallest absolute Gasteiger partial charge is 0.242 e. The van der Waals surface area contributed by atoms with Gasteiger partial charge in [-0.1, -0.05) is 48.7 Å². The Bertz CT molecular complexity index is 1330. The minimum absolute atomic E-state index is 0.0329. The lowest BCUT2D eigenvalue weighted by atomic mass is 10.0. The SMILES string of the molecule is C=CCCC(C(=O)NC)N(C)c1cnc(Sc2c[nH]c3cnccc23)c2cccc(C=C)c12. The molecule has 3 aromatic heterocycles. The topological polar surface area (TPSA) is 73.9 Å². The molecule has 1 aromatic carbocycles. The first-order valence-corrected chi connectivity index (χ1v) is 11.6. The van der Waals surface area contributed by atoms with Gasteiger partial charge in [0.15, 0.2) is 0 Å². The predicted octanol–water partition coefficient (Wildman–Crippen LogP) is 5.42. The molecule has 0 saturated heterocycles. The zero-order valence-corrected chi connectivity index (χ0v) is 19.7. The van der Waals surface area contributed by atoms with Crippen LogP contribution < -0.4 is 10.2 Å². The number of H-pyrrole nitrogens is 1. The van der Waals surface area contributed by atoms with Gasteiger partial charge in [0.05, 0.1) is 23.6 Å². The predicted molar refractivity (Wildman–Crippen MR) is 138 cm³/mol. The van der Waals surface area contributed by atoms with Crippen LogP contribution in [0.5, 0.6) is 0 Å². The molecule has 33 heavy (non-hydrogen) atoms. The van der Waals surface area contributed by atoms with Crippen LogP contribution in [0.25, 0.3) is 27.8 Å². The lowest BCUT2D eigenvalue weighted by Gasteiger charge is -2.30. The van der Waals surface area contributed by atoms with Crippen molar-refractivity contribution in [2.45, 2.75) is 28.8 Å². The Balaban J connectivity index is 1.83. The van der Waals surface area contributed by atoms with E-state index in [1.807, 2.05) is 60.9 Å². The number of hydrogen-bond acceptors (Lipinski definition) is 5. The standard InChI is InChI=1S/C26H27N5OS/c1-5-7-11-21(25(32)27-3)31(4)22-15-30-26(19-10-8-9-17(6-2)24(19)22)33-23-16-29-20-14-28-13-12-18(20)23/h5-6,8-10,12-16,21,29H,1-2,7,11H2,3-4H3,(H,27,32). The van der Waals surface area contributed by atoms with Crippen LogP contribution in [0, 0.1) is 0 Å². The van der Waals surface area contributed by atoms with E-state index in [-0.39, 0.29) is 11.9 Å². The molecule has 0 radical (unpaired) electrons. The first-order chi connectivity index (χ1) is 16.1. The molecule has 4 rings (SSSR count). The van der Waals surface area contributed by atoms with Crippen LogP contribution >= 0.6 is 11.8 Å². The van der Waals surface area contributed by atoms with E-state index in [1.165, 1.54) is 0 Å². The Morgan fingerprint density at radius 3 is 2.88 bits per heavy atom. The molecule has 0 aliphatic carbocycles. The van der Waals surface area contributed by atoms with Crippen LogP contribution in [0.2, 0.25) is 0 Å². The van der Waals surface area contributed by atoms with Crippen molar-refractivity contribution >= 4 is 51.1 Å². The van der Waals surface area contributed by atoms with Gasteiger partial charge in [0, 0.05) is 47.5 Å². The number of pyridine rings is 2. The van der Waals surface area contributed by atoms with Gasteiger partial charge in [-0.25, -0.2) is 4.98 Å². The quantitative estimate of drug-likeness (QED) is 0.328. The summed E-state index contributed by atoms with van der Waals surface area (Å²) < 4.78 is 0. The summed E-state index contributed by atoms with van der Waals surface area (Å²) in [6.45, 7) is 7.83. The number of aromatic nitrogens is 3. The fraction of sp³-hybridized carbons (Fsp3) is 0.192. The van der Waals surface area contributed by atoms with Crippen LogP contribution in [0.3, 0.4) is 0 Å². The van der Waals surface area contributed by atoms with Crippen LogP contribution in [-0.2, 0) is 4.79 Å². The summed E-state index contributed by atoms with van der Waals surface area (Å²) in [5.41, 5.74) is 2.88. The molecular formula is C26H27N5OS. The van der Waals surface area contributed by atoms with E-state index in [2.05, 4.69) is 34.5 Å². The van der Waals surface area contributed by atoms with Crippen LogP contribution in [0.15, 0.2) is 78.2 Å². The molecule has 1 amide bonds. The van der Waals surface area contributed by atoms with Crippen molar-refractivity contribution < 1.29 is 4.79 Å². The molecule has 1 unspecified atom stereocenters. The largest absolute Gasteiger partial charge is 0.361 e. The van der Waals surface area contributed by atoms with Crippen molar-refractivity contribution in [1.82, 2.24) is 20.3 Å². The summed E-state index contributed by atoms with van der Waals surface area (Å²) in [7, 11) is 3.61. The van der Waals surface area contributed by atoms with Gasteiger partial charge in [-0.2, -0.15) is 0 Å². The number of aromatic amines is 1. The van der Waals surface area contributed by atoms with Gasteiger partial charge in [0.25, 0.3) is 0 Å². The Labute approximate surface area is 197 Å². The summed E-state index contributed by atoms with van der Waals surface area (Å²) >= 11 is 1.61. The van der Waals surface area contributed by atoms with Gasteiger partial charge in [0.2, 0.25) is 5.91 Å². The number of allylic oxidation sites excluding steroid dienone is 1. The number of likely N-dealkylation sites (N-methyl/N-ethyl adjacent to an activating group) is 2. The zero-order chi connectivity index (χ0) is 23.4. The molecule has 4 aromatic rings. The van der Waals surface area contributed by atoms with Crippen molar-refractivity contribution in [3.05, 3.63) is 73.9 Å². The second kappa shape index (κ2) is 9.92. The summed E-state index contributed by atoms with van der Waals surface area (Å²) in [6, 6.07) is 7.79. The molecule has 0 saturated carbocycles. The first kappa shape index (κ1) is 22.6. The van der Waals surface area contributed by atoms with Crippen LogP contribution in [0.4, 0.5) is 5.69 Å². The van der Waals surface area contributed by atoms with Crippen molar-refractivity contribution in [1.29, 1.82) is 0 Å². The number of rotatable bonds is 9. The third-order valence-electron chi connectivity index (χ3n) is 5.80. The Morgan fingerprint density at radius 1 is 1.27 bits per heavy atom. The highest BCUT2D eigenvalue weighted by Crippen LogP contribution is 2.40. The molecule has 0 aliphatic heterocycles. The average molecular weight is 458 g/mol. The van der Waals surface area contributed by atoms with Gasteiger partial charge in [0.1, 0.15) is 11.1 Å². The van der Waals surface area contributed by atoms with E-state index in [0.717, 1.165) is 49.3 Å². The fourth-order valence-electron chi connectivity index (χ4n) is 4.05. The van der Waals surface area contributed by atoms with Gasteiger partial charge in [-0.05, 0) is 24.5 Å². The number of anilines is 1. The molecule has 7 heteroatoms. The maximum Gasteiger partial charge on any atom is 0.242 e. The zero-order valence-electron chi connectivity index (χ0n) is 18.8. The Kier molecular flexibility index (Phi) is 6.79. The third-order valence-corrected chi connectivity index (χ3v) is 6.88. The summed E-state index contributed by atoms with van der Waals surface area (Å²) in [4.78, 5) is 28.1. The molecule has 2 N–H and O–H groups in total. The van der Waals surface area contributed by atoms with E-state index in [4.69, 9.17) is 4.98 Å². The number of benzene rings is 1. The molecule has 0 bridgehead atoms. The van der Waals surface area contributed by atoms with Gasteiger partial charge in [-0.15, -0.1) is 6.58 Å². The van der Waals surface area contributed by atoms with Crippen molar-refractivity contribution in [3.8, 4) is 0 Å². The number of hydrogen-bond donors (Lipinski definition) is 2. The fourth-order valence-corrected chi connectivity index (χ4v) is 5.05. The maximum absolute atomic E-state index is 12.7. The lowest BCUT2D eigenvalue weighted by Crippen LogP contribution is -2.44. The second-order valence-corrected chi connectivity index (χ2v) is 8.74. The van der Waals surface area contributed by atoms with Gasteiger partial charge < -0.3 is 15.2 Å². The van der Waals surface area contributed by atoms with Gasteiger partial charge in [-0.3, -0.25) is 9.78 Å². The number of fused-ring (bicyclic) bond motifs is 2. The van der Waals surface area contributed by atoms with E-state index < -0.39 is 0 Å². The highest BCUT2D eigenvalue weighted by Gasteiger charge is 2.25. The van der Waals surface area contributed by atoms with Crippen LogP contribution in [-0.4, -0.2) is 41.0 Å². The monoisotopic (exact) mass is 457 g/mol. The van der Waals surface area contributed by atoms with Crippen LogP contribution in [0.1, 0.15) is 18.4 Å². The first-order valence-electron chi connectivity index (χ1n) is 10.8. The molecular weight excluding hydrogens is 430 g/mol.